The summed E-state index contributed by atoms with van der Waals surface area (Å²) in [5.41, 5.74) is 3.51. The monoisotopic (exact) mass is 410 g/mol. The van der Waals surface area contributed by atoms with E-state index in [2.05, 4.69) is 50.2 Å². The molecule has 1 aliphatic rings. The summed E-state index contributed by atoms with van der Waals surface area (Å²) in [4.78, 5) is 11.0. The van der Waals surface area contributed by atoms with Gasteiger partial charge in [0.05, 0.1) is 0 Å². The van der Waals surface area contributed by atoms with Gasteiger partial charge in [0.2, 0.25) is 5.95 Å². The third-order valence-electron chi connectivity index (χ3n) is 5.67. The van der Waals surface area contributed by atoms with E-state index in [-0.39, 0.29) is 0 Å². The van der Waals surface area contributed by atoms with E-state index < -0.39 is 0 Å². The second-order valence-corrected chi connectivity index (χ2v) is 8.57. The number of aromatic nitrogens is 2. The molecular formula is C24H38N6. The molecular weight excluding hydrogens is 372 g/mol. The molecule has 3 N–H and O–H groups in total. The van der Waals surface area contributed by atoms with E-state index in [4.69, 9.17) is 0 Å². The van der Waals surface area contributed by atoms with Crippen molar-refractivity contribution in [1.29, 1.82) is 0 Å². The summed E-state index contributed by atoms with van der Waals surface area (Å²) < 4.78 is 0. The quantitative estimate of drug-likeness (QED) is 0.489. The van der Waals surface area contributed by atoms with E-state index in [0.717, 1.165) is 43.7 Å². The van der Waals surface area contributed by atoms with Crippen molar-refractivity contribution >= 4 is 11.8 Å². The molecule has 1 aliphatic carbocycles. The van der Waals surface area contributed by atoms with Crippen LogP contribution in [0.1, 0.15) is 55.3 Å². The molecule has 1 aromatic heterocycles. The van der Waals surface area contributed by atoms with Gasteiger partial charge in [-0.25, -0.2) is 4.98 Å². The van der Waals surface area contributed by atoms with Crippen LogP contribution in [0.5, 0.6) is 0 Å². The Morgan fingerprint density at radius 1 is 0.933 bits per heavy atom. The van der Waals surface area contributed by atoms with Gasteiger partial charge in [-0.05, 0) is 50.4 Å². The SMILES string of the molecule is Cc1cc(N(C)C)nc(NCc2ccc(CNCCCNC3CCCCC3)cc2)n1. The molecule has 1 heterocycles. The van der Waals surface area contributed by atoms with Crippen LogP contribution in [-0.4, -0.2) is 43.2 Å². The van der Waals surface area contributed by atoms with E-state index in [9.17, 15) is 0 Å². The molecule has 0 unspecified atom stereocenters. The summed E-state index contributed by atoms with van der Waals surface area (Å²) in [5.74, 6) is 1.59. The zero-order valence-electron chi connectivity index (χ0n) is 18.9. The summed E-state index contributed by atoms with van der Waals surface area (Å²) in [6.07, 6.45) is 8.13. The maximum absolute atomic E-state index is 4.55. The summed E-state index contributed by atoms with van der Waals surface area (Å²) >= 11 is 0. The predicted molar refractivity (Wildman–Crippen MR) is 126 cm³/mol. The topological polar surface area (TPSA) is 65.1 Å². The first-order valence-electron chi connectivity index (χ1n) is 11.4. The highest BCUT2D eigenvalue weighted by molar-refractivity contribution is 5.43. The highest BCUT2D eigenvalue weighted by Gasteiger charge is 2.11. The van der Waals surface area contributed by atoms with Crippen LogP contribution in [-0.2, 0) is 13.1 Å². The van der Waals surface area contributed by atoms with Crippen LogP contribution in [0.4, 0.5) is 11.8 Å². The van der Waals surface area contributed by atoms with Crippen molar-refractivity contribution in [3.63, 3.8) is 0 Å². The number of nitrogens with zero attached hydrogens (tertiary/aromatic N) is 3. The van der Waals surface area contributed by atoms with Crippen LogP contribution < -0.4 is 20.9 Å². The van der Waals surface area contributed by atoms with Gasteiger partial charge in [-0.2, -0.15) is 4.98 Å². The third kappa shape index (κ3) is 7.58. The fourth-order valence-electron chi connectivity index (χ4n) is 3.88. The minimum Gasteiger partial charge on any atom is -0.363 e. The fourth-order valence-corrected chi connectivity index (χ4v) is 3.88. The van der Waals surface area contributed by atoms with Crippen molar-refractivity contribution in [2.24, 2.45) is 0 Å². The average molecular weight is 411 g/mol. The zero-order chi connectivity index (χ0) is 21.2. The first-order chi connectivity index (χ1) is 14.6. The summed E-state index contributed by atoms with van der Waals surface area (Å²) in [5, 5.41) is 10.6. The lowest BCUT2D eigenvalue weighted by Crippen LogP contribution is -2.33. The maximum Gasteiger partial charge on any atom is 0.225 e. The molecule has 1 aromatic carbocycles. The molecule has 0 amide bonds. The summed E-state index contributed by atoms with van der Waals surface area (Å²) in [7, 11) is 3.98. The summed E-state index contributed by atoms with van der Waals surface area (Å²) in [6, 6.07) is 11.5. The molecule has 0 spiro atoms. The van der Waals surface area contributed by atoms with Crippen LogP contribution >= 0.6 is 0 Å². The van der Waals surface area contributed by atoms with E-state index in [1.807, 2.05) is 32.0 Å². The number of benzene rings is 1. The van der Waals surface area contributed by atoms with Crippen LogP contribution in [0.3, 0.4) is 0 Å². The van der Waals surface area contributed by atoms with E-state index in [1.54, 1.807) is 0 Å². The third-order valence-corrected chi connectivity index (χ3v) is 5.67. The highest BCUT2D eigenvalue weighted by atomic mass is 15.2. The number of nitrogens with one attached hydrogen (secondary N) is 3. The normalized spacial score (nSPS) is 14.6. The lowest BCUT2D eigenvalue weighted by atomic mass is 9.95. The van der Waals surface area contributed by atoms with Gasteiger partial charge in [-0.1, -0.05) is 43.5 Å². The lowest BCUT2D eigenvalue weighted by Gasteiger charge is -2.22. The van der Waals surface area contributed by atoms with Gasteiger partial charge >= 0.3 is 0 Å². The van der Waals surface area contributed by atoms with Crippen molar-refractivity contribution in [3.8, 4) is 0 Å². The highest BCUT2D eigenvalue weighted by Crippen LogP contribution is 2.17. The van der Waals surface area contributed by atoms with Crippen LogP contribution in [0.25, 0.3) is 0 Å². The molecule has 1 fully saturated rings. The number of hydrogen-bond acceptors (Lipinski definition) is 6. The molecule has 6 heteroatoms. The molecule has 0 radical (unpaired) electrons. The van der Waals surface area contributed by atoms with E-state index in [1.165, 1.54) is 49.7 Å². The average Bonchev–Trinajstić information content (AvgIpc) is 2.76. The van der Waals surface area contributed by atoms with Crippen molar-refractivity contribution in [3.05, 3.63) is 47.2 Å². The van der Waals surface area contributed by atoms with Crippen molar-refractivity contribution < 1.29 is 0 Å². The molecule has 2 aromatic rings. The molecule has 164 valence electrons. The molecule has 0 bridgehead atoms. The van der Waals surface area contributed by atoms with Gasteiger partial charge in [-0.3, -0.25) is 0 Å². The van der Waals surface area contributed by atoms with Crippen molar-refractivity contribution in [1.82, 2.24) is 20.6 Å². The first-order valence-corrected chi connectivity index (χ1v) is 11.4. The minimum atomic E-state index is 0.672. The minimum absolute atomic E-state index is 0.672. The molecule has 0 saturated heterocycles. The van der Waals surface area contributed by atoms with E-state index in [0.29, 0.717) is 5.95 Å². The van der Waals surface area contributed by atoms with Gasteiger partial charge in [-0.15, -0.1) is 0 Å². The van der Waals surface area contributed by atoms with E-state index >= 15 is 0 Å². The largest absolute Gasteiger partial charge is 0.363 e. The Balaban J connectivity index is 1.34. The Kier molecular flexibility index (Phi) is 8.90. The molecule has 6 nitrogen and oxygen atoms in total. The second kappa shape index (κ2) is 11.9. The molecule has 1 saturated carbocycles. The molecule has 30 heavy (non-hydrogen) atoms. The van der Waals surface area contributed by atoms with Gasteiger partial charge in [0.1, 0.15) is 5.82 Å². The Labute approximate surface area is 181 Å². The van der Waals surface area contributed by atoms with Crippen LogP contribution in [0, 0.1) is 6.92 Å². The van der Waals surface area contributed by atoms with Gasteiger partial charge in [0, 0.05) is 45.0 Å². The van der Waals surface area contributed by atoms with Crippen molar-refractivity contribution in [2.45, 2.75) is 64.6 Å². The Morgan fingerprint density at radius 2 is 1.63 bits per heavy atom. The van der Waals surface area contributed by atoms with Gasteiger partial charge in [0.15, 0.2) is 0 Å². The lowest BCUT2D eigenvalue weighted by molar-refractivity contribution is 0.371. The molecule has 3 rings (SSSR count). The van der Waals surface area contributed by atoms with Gasteiger partial charge < -0.3 is 20.9 Å². The van der Waals surface area contributed by atoms with Crippen molar-refractivity contribution in [2.75, 3.05) is 37.4 Å². The number of anilines is 2. The standard InChI is InChI=1S/C24H38N6/c1-19-16-23(30(2)3)29-24(28-19)27-18-21-12-10-20(11-13-21)17-25-14-7-15-26-22-8-5-4-6-9-22/h10-13,16,22,25-26H,4-9,14-15,17-18H2,1-3H3,(H,27,28,29). The number of rotatable bonds is 11. The van der Waals surface area contributed by atoms with Gasteiger partial charge in [0.25, 0.3) is 0 Å². The first kappa shape index (κ1) is 22.5. The van der Waals surface area contributed by atoms with Crippen LogP contribution in [0.15, 0.2) is 30.3 Å². The Bertz CT molecular complexity index is 753. The number of aryl methyl sites for hydroxylation is 1. The Hall–Kier alpha value is -2.18. The Morgan fingerprint density at radius 3 is 2.33 bits per heavy atom. The van der Waals surface area contributed by atoms with Crippen LogP contribution in [0.2, 0.25) is 0 Å². The molecule has 0 aliphatic heterocycles. The maximum atomic E-state index is 4.55. The second-order valence-electron chi connectivity index (χ2n) is 8.57. The number of hydrogen-bond donors (Lipinski definition) is 3. The smallest absolute Gasteiger partial charge is 0.225 e. The predicted octanol–water partition coefficient (Wildman–Crippen LogP) is 3.87. The molecule has 0 atom stereocenters. The zero-order valence-corrected chi connectivity index (χ0v) is 18.9. The fraction of sp³-hybridized carbons (Fsp3) is 0.583. The summed E-state index contributed by atoms with van der Waals surface area (Å²) in [6.45, 7) is 5.82.